The van der Waals surface area contributed by atoms with Crippen LogP contribution in [0.1, 0.15) is 17.2 Å². The molecule has 4 heteroatoms. The topological polar surface area (TPSA) is 33.1 Å². The minimum Gasteiger partial charge on any atom is -0.383 e. The highest BCUT2D eigenvalue weighted by Crippen LogP contribution is 2.25. The predicted octanol–water partition coefficient (Wildman–Crippen LogP) is 2.96. The number of halogens is 2. The Kier molecular flexibility index (Phi) is 3.17. The zero-order valence-electron chi connectivity index (χ0n) is 8.27. The standard InChI is InChI=1S/C12H9ClFNO/c13-9-3-4-10(11(14)6-9)12(16)8-2-1-5-15-7-8/h1-7,12,16H/t12-/m1/s1. The van der Waals surface area contributed by atoms with Gasteiger partial charge in [-0.1, -0.05) is 23.7 Å². The molecule has 82 valence electrons. The molecule has 0 radical (unpaired) electrons. The van der Waals surface area contributed by atoms with Gasteiger partial charge < -0.3 is 5.11 Å². The Hall–Kier alpha value is -1.45. The summed E-state index contributed by atoms with van der Waals surface area (Å²) in [5.41, 5.74) is 0.737. The lowest BCUT2D eigenvalue weighted by molar-refractivity contribution is 0.214. The fraction of sp³-hybridized carbons (Fsp3) is 0.0833. The second kappa shape index (κ2) is 4.60. The summed E-state index contributed by atoms with van der Waals surface area (Å²) in [6.07, 6.45) is 2.07. The van der Waals surface area contributed by atoms with Gasteiger partial charge in [-0.05, 0) is 18.2 Å². The van der Waals surface area contributed by atoms with Crippen LogP contribution in [0.25, 0.3) is 0 Å². The molecule has 2 rings (SSSR count). The first kappa shape index (κ1) is 11.0. The zero-order chi connectivity index (χ0) is 11.5. The molecular formula is C12H9ClFNO. The fourth-order valence-electron chi connectivity index (χ4n) is 1.44. The maximum atomic E-state index is 13.5. The fourth-order valence-corrected chi connectivity index (χ4v) is 1.60. The van der Waals surface area contributed by atoms with E-state index in [9.17, 15) is 9.50 Å². The van der Waals surface area contributed by atoms with Gasteiger partial charge in [-0.2, -0.15) is 0 Å². The molecule has 0 aliphatic heterocycles. The molecule has 0 fully saturated rings. The van der Waals surface area contributed by atoms with Crippen molar-refractivity contribution < 1.29 is 9.50 Å². The lowest BCUT2D eigenvalue weighted by Crippen LogP contribution is -2.02. The van der Waals surface area contributed by atoms with Crippen LogP contribution in [0.5, 0.6) is 0 Å². The number of hydrogen-bond acceptors (Lipinski definition) is 2. The molecule has 0 saturated carbocycles. The molecule has 0 bridgehead atoms. The zero-order valence-corrected chi connectivity index (χ0v) is 9.03. The van der Waals surface area contributed by atoms with E-state index < -0.39 is 11.9 Å². The quantitative estimate of drug-likeness (QED) is 0.871. The molecule has 1 heterocycles. The van der Waals surface area contributed by atoms with E-state index in [-0.39, 0.29) is 5.56 Å². The van der Waals surface area contributed by atoms with Gasteiger partial charge in [-0.15, -0.1) is 0 Å². The number of aliphatic hydroxyl groups is 1. The molecule has 1 atom stereocenters. The van der Waals surface area contributed by atoms with E-state index in [1.54, 1.807) is 24.4 Å². The number of hydrogen-bond donors (Lipinski definition) is 1. The Morgan fingerprint density at radius 3 is 2.75 bits per heavy atom. The lowest BCUT2D eigenvalue weighted by atomic mass is 10.0. The number of aliphatic hydroxyl groups excluding tert-OH is 1. The molecule has 2 aromatic rings. The first-order chi connectivity index (χ1) is 7.68. The number of benzene rings is 1. The first-order valence-electron chi connectivity index (χ1n) is 4.71. The predicted molar refractivity (Wildman–Crippen MR) is 59.7 cm³/mol. The molecule has 0 saturated heterocycles. The summed E-state index contributed by atoms with van der Waals surface area (Å²) in [6.45, 7) is 0. The number of nitrogens with zero attached hydrogens (tertiary/aromatic N) is 1. The molecule has 16 heavy (non-hydrogen) atoms. The molecule has 2 nitrogen and oxygen atoms in total. The van der Waals surface area contributed by atoms with Crippen LogP contribution in [-0.2, 0) is 0 Å². The second-order valence-electron chi connectivity index (χ2n) is 3.35. The Morgan fingerprint density at radius 1 is 1.31 bits per heavy atom. The van der Waals surface area contributed by atoms with Crippen LogP contribution in [0.2, 0.25) is 5.02 Å². The Labute approximate surface area is 97.3 Å². The largest absolute Gasteiger partial charge is 0.383 e. The van der Waals surface area contributed by atoms with Crippen molar-refractivity contribution in [3.05, 3.63) is 64.7 Å². The van der Waals surface area contributed by atoms with Crippen molar-refractivity contribution >= 4 is 11.6 Å². The third-order valence-electron chi connectivity index (χ3n) is 2.26. The average molecular weight is 238 g/mol. The minimum atomic E-state index is -1.02. The van der Waals surface area contributed by atoms with Crippen molar-refractivity contribution in [3.8, 4) is 0 Å². The summed E-state index contributed by atoms with van der Waals surface area (Å²) in [6, 6.07) is 7.56. The molecule has 0 spiro atoms. The van der Waals surface area contributed by atoms with Crippen LogP contribution >= 0.6 is 11.6 Å². The summed E-state index contributed by atoms with van der Waals surface area (Å²) in [7, 11) is 0. The van der Waals surface area contributed by atoms with Crippen molar-refractivity contribution in [2.45, 2.75) is 6.10 Å². The highest BCUT2D eigenvalue weighted by atomic mass is 35.5. The Morgan fingerprint density at radius 2 is 2.12 bits per heavy atom. The maximum Gasteiger partial charge on any atom is 0.130 e. The van der Waals surface area contributed by atoms with Crippen molar-refractivity contribution in [2.24, 2.45) is 0 Å². The van der Waals surface area contributed by atoms with E-state index in [0.29, 0.717) is 10.6 Å². The Balaban J connectivity index is 2.38. The van der Waals surface area contributed by atoms with Gasteiger partial charge in [0.05, 0.1) is 0 Å². The molecule has 1 N–H and O–H groups in total. The van der Waals surface area contributed by atoms with Crippen LogP contribution in [0.3, 0.4) is 0 Å². The SMILES string of the molecule is O[C@H](c1cccnc1)c1ccc(Cl)cc1F. The molecule has 0 amide bonds. The van der Waals surface area contributed by atoms with E-state index in [1.165, 1.54) is 18.3 Å². The van der Waals surface area contributed by atoms with Crippen molar-refractivity contribution in [1.29, 1.82) is 0 Å². The smallest absolute Gasteiger partial charge is 0.130 e. The van der Waals surface area contributed by atoms with Crippen LogP contribution in [-0.4, -0.2) is 10.1 Å². The number of aromatic nitrogens is 1. The number of pyridine rings is 1. The van der Waals surface area contributed by atoms with Gasteiger partial charge >= 0.3 is 0 Å². The number of rotatable bonds is 2. The van der Waals surface area contributed by atoms with Crippen LogP contribution < -0.4 is 0 Å². The van der Waals surface area contributed by atoms with Gasteiger partial charge in [0.2, 0.25) is 0 Å². The minimum absolute atomic E-state index is 0.192. The normalized spacial score (nSPS) is 12.4. The van der Waals surface area contributed by atoms with Crippen molar-refractivity contribution in [3.63, 3.8) is 0 Å². The summed E-state index contributed by atoms with van der Waals surface area (Å²) in [4.78, 5) is 3.87. The van der Waals surface area contributed by atoms with Gasteiger partial charge in [0.15, 0.2) is 0 Å². The van der Waals surface area contributed by atoms with Gasteiger partial charge in [0.25, 0.3) is 0 Å². The molecule has 1 aromatic heterocycles. The van der Waals surface area contributed by atoms with E-state index in [4.69, 9.17) is 11.6 Å². The van der Waals surface area contributed by atoms with Crippen molar-refractivity contribution in [2.75, 3.05) is 0 Å². The van der Waals surface area contributed by atoms with E-state index >= 15 is 0 Å². The van der Waals surface area contributed by atoms with Crippen LogP contribution in [0.15, 0.2) is 42.7 Å². The van der Waals surface area contributed by atoms with E-state index in [0.717, 1.165) is 0 Å². The highest BCUT2D eigenvalue weighted by molar-refractivity contribution is 6.30. The molecule has 0 aliphatic rings. The van der Waals surface area contributed by atoms with Gasteiger partial charge in [0, 0.05) is 28.5 Å². The highest BCUT2D eigenvalue weighted by Gasteiger charge is 2.14. The summed E-state index contributed by atoms with van der Waals surface area (Å²) in [5, 5.41) is 10.2. The van der Waals surface area contributed by atoms with Gasteiger partial charge in [-0.3, -0.25) is 4.98 Å². The molecular weight excluding hydrogens is 229 g/mol. The lowest BCUT2D eigenvalue weighted by Gasteiger charge is -2.11. The second-order valence-corrected chi connectivity index (χ2v) is 3.79. The first-order valence-corrected chi connectivity index (χ1v) is 5.09. The third-order valence-corrected chi connectivity index (χ3v) is 2.49. The third kappa shape index (κ3) is 2.21. The summed E-state index contributed by atoms with van der Waals surface area (Å²) in [5.74, 6) is -0.524. The maximum absolute atomic E-state index is 13.5. The average Bonchev–Trinajstić information content (AvgIpc) is 2.29. The summed E-state index contributed by atoms with van der Waals surface area (Å²) < 4.78 is 13.5. The van der Waals surface area contributed by atoms with E-state index in [2.05, 4.69) is 4.98 Å². The molecule has 0 unspecified atom stereocenters. The van der Waals surface area contributed by atoms with E-state index in [1.807, 2.05) is 0 Å². The van der Waals surface area contributed by atoms with Crippen LogP contribution in [0.4, 0.5) is 4.39 Å². The molecule has 1 aromatic carbocycles. The Bertz CT molecular complexity index is 490. The van der Waals surface area contributed by atoms with Gasteiger partial charge in [-0.25, -0.2) is 4.39 Å². The van der Waals surface area contributed by atoms with Crippen LogP contribution in [0, 0.1) is 5.82 Å². The monoisotopic (exact) mass is 237 g/mol. The molecule has 0 aliphatic carbocycles. The van der Waals surface area contributed by atoms with Crippen molar-refractivity contribution in [1.82, 2.24) is 4.98 Å². The van der Waals surface area contributed by atoms with Gasteiger partial charge in [0.1, 0.15) is 11.9 Å². The summed E-state index contributed by atoms with van der Waals surface area (Å²) >= 11 is 5.63.